The molecule has 0 saturated carbocycles. The van der Waals surface area contributed by atoms with Gasteiger partial charge >= 0.3 is 0 Å². The van der Waals surface area contributed by atoms with Gasteiger partial charge in [0.05, 0.1) is 10.4 Å². The predicted octanol–water partition coefficient (Wildman–Crippen LogP) is 5.05. The standard InChI is InChI=1S/C18H14ClF2NO/c1-10(2)14-9-22(17-15(19)4-3-5-16(17)21)18(23)13-8-11(20)6-7-12(13)14/h3-10H,1-2H3. The zero-order valence-electron chi connectivity index (χ0n) is 12.6. The highest BCUT2D eigenvalue weighted by Crippen LogP contribution is 2.28. The van der Waals surface area contributed by atoms with E-state index in [2.05, 4.69) is 0 Å². The Balaban J connectivity index is 2.48. The number of fused-ring (bicyclic) bond motifs is 1. The molecular formula is C18H14ClF2NO. The minimum atomic E-state index is -0.606. The molecule has 0 aliphatic heterocycles. The van der Waals surface area contributed by atoms with Gasteiger partial charge in [-0.15, -0.1) is 0 Å². The van der Waals surface area contributed by atoms with Crippen molar-refractivity contribution in [3.05, 3.63) is 75.2 Å². The summed E-state index contributed by atoms with van der Waals surface area (Å²) < 4.78 is 29.0. The van der Waals surface area contributed by atoms with Gasteiger partial charge in [-0.1, -0.05) is 37.6 Å². The highest BCUT2D eigenvalue weighted by atomic mass is 35.5. The largest absolute Gasteiger partial charge is 0.279 e. The molecule has 2 aromatic carbocycles. The Morgan fingerprint density at radius 2 is 1.83 bits per heavy atom. The molecule has 0 atom stereocenters. The molecule has 3 aromatic rings. The Labute approximate surface area is 136 Å². The minimum Gasteiger partial charge on any atom is -0.279 e. The highest BCUT2D eigenvalue weighted by Gasteiger charge is 2.17. The van der Waals surface area contributed by atoms with Crippen LogP contribution in [0.3, 0.4) is 0 Å². The predicted molar refractivity (Wildman–Crippen MR) is 88.6 cm³/mol. The molecule has 0 radical (unpaired) electrons. The first-order chi connectivity index (χ1) is 10.9. The lowest BCUT2D eigenvalue weighted by molar-refractivity contribution is 0.616. The van der Waals surface area contributed by atoms with Crippen LogP contribution < -0.4 is 5.56 Å². The van der Waals surface area contributed by atoms with Gasteiger partial charge < -0.3 is 0 Å². The van der Waals surface area contributed by atoms with Gasteiger partial charge in [-0.05, 0) is 41.1 Å². The molecule has 23 heavy (non-hydrogen) atoms. The van der Waals surface area contributed by atoms with Crippen LogP contribution in [0.4, 0.5) is 8.78 Å². The summed E-state index contributed by atoms with van der Waals surface area (Å²) >= 11 is 6.08. The third kappa shape index (κ3) is 2.63. The van der Waals surface area contributed by atoms with Crippen LogP contribution in [0.5, 0.6) is 0 Å². The van der Waals surface area contributed by atoms with Crippen LogP contribution in [0.2, 0.25) is 5.02 Å². The van der Waals surface area contributed by atoms with Crippen molar-refractivity contribution in [3.63, 3.8) is 0 Å². The normalized spacial score (nSPS) is 11.4. The van der Waals surface area contributed by atoms with Crippen molar-refractivity contribution in [1.82, 2.24) is 4.57 Å². The van der Waals surface area contributed by atoms with Gasteiger partial charge in [-0.3, -0.25) is 9.36 Å². The van der Waals surface area contributed by atoms with E-state index in [1.54, 1.807) is 12.3 Å². The van der Waals surface area contributed by atoms with Crippen LogP contribution in [0, 0.1) is 11.6 Å². The Kier molecular flexibility index (Phi) is 3.94. The van der Waals surface area contributed by atoms with Crippen molar-refractivity contribution in [2.45, 2.75) is 19.8 Å². The number of halogens is 3. The molecule has 0 spiro atoms. The topological polar surface area (TPSA) is 22.0 Å². The van der Waals surface area contributed by atoms with E-state index in [9.17, 15) is 13.6 Å². The Hall–Kier alpha value is -2.20. The van der Waals surface area contributed by atoms with Crippen LogP contribution in [0.15, 0.2) is 47.4 Å². The fourth-order valence-corrected chi connectivity index (χ4v) is 2.94. The fraction of sp³-hybridized carbons (Fsp3) is 0.167. The van der Waals surface area contributed by atoms with Gasteiger partial charge in [0, 0.05) is 6.20 Å². The van der Waals surface area contributed by atoms with E-state index in [-0.39, 0.29) is 22.0 Å². The Bertz CT molecular complexity index is 943. The summed E-state index contributed by atoms with van der Waals surface area (Å²) in [5, 5.41) is 0.989. The molecule has 118 valence electrons. The van der Waals surface area contributed by atoms with E-state index < -0.39 is 17.2 Å². The highest BCUT2D eigenvalue weighted by molar-refractivity contribution is 6.32. The number of aromatic nitrogens is 1. The number of para-hydroxylation sites is 1. The second-order valence-electron chi connectivity index (χ2n) is 5.67. The number of pyridine rings is 1. The maximum Gasteiger partial charge on any atom is 0.263 e. The second kappa shape index (κ2) is 5.78. The average molecular weight is 334 g/mol. The van der Waals surface area contributed by atoms with Crippen molar-refractivity contribution in [1.29, 1.82) is 0 Å². The maximum atomic E-state index is 14.2. The summed E-state index contributed by atoms with van der Waals surface area (Å²) in [4.78, 5) is 12.7. The van der Waals surface area contributed by atoms with Crippen molar-refractivity contribution in [2.75, 3.05) is 0 Å². The van der Waals surface area contributed by atoms with Crippen LogP contribution in [-0.4, -0.2) is 4.57 Å². The molecule has 1 aromatic heterocycles. The fourth-order valence-electron chi connectivity index (χ4n) is 2.69. The molecule has 1 heterocycles. The smallest absolute Gasteiger partial charge is 0.263 e. The lowest BCUT2D eigenvalue weighted by Crippen LogP contribution is -2.21. The molecule has 0 fully saturated rings. The van der Waals surface area contributed by atoms with Crippen LogP contribution in [0.25, 0.3) is 16.5 Å². The van der Waals surface area contributed by atoms with Gasteiger partial charge in [-0.2, -0.15) is 0 Å². The van der Waals surface area contributed by atoms with E-state index >= 15 is 0 Å². The molecule has 0 amide bonds. The number of rotatable bonds is 2. The Morgan fingerprint density at radius 1 is 1.09 bits per heavy atom. The van der Waals surface area contributed by atoms with E-state index in [4.69, 9.17) is 11.6 Å². The summed E-state index contributed by atoms with van der Waals surface area (Å²) in [5.41, 5.74) is 0.294. The second-order valence-corrected chi connectivity index (χ2v) is 6.08. The molecule has 2 nitrogen and oxygen atoms in total. The average Bonchev–Trinajstić information content (AvgIpc) is 2.49. The molecule has 5 heteroatoms. The lowest BCUT2D eigenvalue weighted by Gasteiger charge is -2.16. The third-order valence-electron chi connectivity index (χ3n) is 3.81. The summed E-state index contributed by atoms with van der Waals surface area (Å²) in [7, 11) is 0. The van der Waals surface area contributed by atoms with E-state index in [0.717, 1.165) is 10.1 Å². The molecule has 0 bridgehead atoms. The van der Waals surface area contributed by atoms with E-state index in [0.29, 0.717) is 5.39 Å². The molecule has 0 saturated heterocycles. The molecule has 0 N–H and O–H groups in total. The van der Waals surface area contributed by atoms with Crippen molar-refractivity contribution in [3.8, 4) is 5.69 Å². The molecule has 0 unspecified atom stereocenters. The number of hydrogen-bond donors (Lipinski definition) is 0. The summed E-state index contributed by atoms with van der Waals surface area (Å²) in [6.07, 6.45) is 1.58. The molecular weight excluding hydrogens is 320 g/mol. The first kappa shape index (κ1) is 15.7. The van der Waals surface area contributed by atoms with E-state index in [1.165, 1.54) is 30.3 Å². The zero-order chi connectivity index (χ0) is 16.7. The summed E-state index contributed by atoms with van der Waals surface area (Å²) in [6, 6.07) is 8.28. The molecule has 0 aliphatic rings. The van der Waals surface area contributed by atoms with Crippen molar-refractivity contribution in [2.24, 2.45) is 0 Å². The van der Waals surface area contributed by atoms with E-state index in [1.807, 2.05) is 13.8 Å². The molecule has 3 rings (SSSR count). The van der Waals surface area contributed by atoms with Gasteiger partial charge in [0.25, 0.3) is 5.56 Å². The SMILES string of the molecule is CC(C)c1cn(-c2c(F)cccc2Cl)c(=O)c2cc(F)ccc12. The first-order valence-corrected chi connectivity index (χ1v) is 7.57. The van der Waals surface area contributed by atoms with Gasteiger partial charge in [0.2, 0.25) is 0 Å². The minimum absolute atomic E-state index is 0.0211. The van der Waals surface area contributed by atoms with Crippen LogP contribution in [0.1, 0.15) is 25.3 Å². The van der Waals surface area contributed by atoms with Gasteiger partial charge in [-0.25, -0.2) is 8.78 Å². The first-order valence-electron chi connectivity index (χ1n) is 7.19. The number of benzene rings is 2. The third-order valence-corrected chi connectivity index (χ3v) is 4.12. The quantitative estimate of drug-likeness (QED) is 0.643. The number of hydrogen-bond acceptors (Lipinski definition) is 1. The zero-order valence-corrected chi connectivity index (χ0v) is 13.4. The Morgan fingerprint density at radius 3 is 2.48 bits per heavy atom. The molecule has 0 aliphatic carbocycles. The monoisotopic (exact) mass is 333 g/mol. The maximum absolute atomic E-state index is 14.2. The van der Waals surface area contributed by atoms with Crippen molar-refractivity contribution < 1.29 is 8.78 Å². The van der Waals surface area contributed by atoms with Crippen molar-refractivity contribution >= 4 is 22.4 Å². The summed E-state index contributed by atoms with van der Waals surface area (Å²) in [6.45, 7) is 3.91. The van der Waals surface area contributed by atoms with Crippen LogP contribution in [-0.2, 0) is 0 Å². The lowest BCUT2D eigenvalue weighted by atomic mass is 9.98. The van der Waals surface area contributed by atoms with Gasteiger partial charge in [0.1, 0.15) is 17.3 Å². The summed E-state index contributed by atoms with van der Waals surface area (Å²) in [5.74, 6) is -1.05. The van der Waals surface area contributed by atoms with Crippen LogP contribution >= 0.6 is 11.6 Å². The number of nitrogens with zero attached hydrogens (tertiary/aromatic N) is 1. The van der Waals surface area contributed by atoms with Gasteiger partial charge in [0.15, 0.2) is 0 Å².